The van der Waals surface area contributed by atoms with E-state index in [2.05, 4.69) is 15.4 Å². The first-order chi connectivity index (χ1) is 7.25. The lowest BCUT2D eigenvalue weighted by Crippen LogP contribution is -2.01. The molecule has 0 saturated carbocycles. The van der Waals surface area contributed by atoms with Gasteiger partial charge in [-0.05, 0) is 5.56 Å². The van der Waals surface area contributed by atoms with Gasteiger partial charge in [-0.15, -0.1) is 5.10 Å². The van der Waals surface area contributed by atoms with E-state index in [1.54, 1.807) is 7.05 Å². The predicted molar refractivity (Wildman–Crippen MR) is 59.2 cm³/mol. The minimum Gasteiger partial charge on any atom is -0.368 e. The largest absolute Gasteiger partial charge is 0.368 e. The van der Waals surface area contributed by atoms with Crippen LogP contribution in [-0.4, -0.2) is 14.8 Å². The first-order valence-corrected chi connectivity index (χ1v) is 4.70. The number of nitrogens with two attached hydrogens (primary N) is 1. The van der Waals surface area contributed by atoms with Crippen molar-refractivity contribution in [1.29, 1.82) is 0 Å². The van der Waals surface area contributed by atoms with Gasteiger partial charge in [0.05, 0.1) is 0 Å². The maximum atomic E-state index is 5.56. The van der Waals surface area contributed by atoms with Crippen molar-refractivity contribution >= 4 is 11.9 Å². The van der Waals surface area contributed by atoms with E-state index >= 15 is 0 Å². The van der Waals surface area contributed by atoms with Gasteiger partial charge >= 0.3 is 0 Å². The van der Waals surface area contributed by atoms with E-state index in [-0.39, 0.29) is 0 Å². The van der Waals surface area contributed by atoms with Gasteiger partial charge in [-0.1, -0.05) is 30.3 Å². The van der Waals surface area contributed by atoms with Crippen LogP contribution in [0.2, 0.25) is 0 Å². The standard InChI is InChI=1S/C10H13N5/c1-15-9(11)13-10(14-15)12-7-8-5-3-2-4-6-8/h2-6H,7H2,1H3,(H3,11,12,13,14). The van der Waals surface area contributed by atoms with Gasteiger partial charge in [-0.2, -0.15) is 4.98 Å². The zero-order valence-electron chi connectivity index (χ0n) is 8.51. The molecule has 0 fully saturated rings. The Balaban J connectivity index is 1.99. The molecule has 0 aliphatic carbocycles. The molecule has 5 heteroatoms. The van der Waals surface area contributed by atoms with E-state index in [0.29, 0.717) is 18.4 Å². The third-order valence-electron chi connectivity index (χ3n) is 2.09. The molecule has 1 heterocycles. The van der Waals surface area contributed by atoms with Crippen molar-refractivity contribution in [2.45, 2.75) is 6.54 Å². The summed E-state index contributed by atoms with van der Waals surface area (Å²) in [7, 11) is 1.76. The smallest absolute Gasteiger partial charge is 0.244 e. The zero-order valence-corrected chi connectivity index (χ0v) is 8.51. The number of anilines is 2. The van der Waals surface area contributed by atoms with Crippen molar-refractivity contribution in [3.63, 3.8) is 0 Å². The van der Waals surface area contributed by atoms with Crippen molar-refractivity contribution < 1.29 is 0 Å². The van der Waals surface area contributed by atoms with Crippen LogP contribution >= 0.6 is 0 Å². The first-order valence-electron chi connectivity index (χ1n) is 4.70. The van der Waals surface area contributed by atoms with Gasteiger partial charge in [-0.3, -0.25) is 0 Å². The molecule has 0 unspecified atom stereocenters. The van der Waals surface area contributed by atoms with E-state index in [4.69, 9.17) is 5.73 Å². The molecule has 2 aromatic rings. The van der Waals surface area contributed by atoms with Crippen molar-refractivity contribution in [1.82, 2.24) is 14.8 Å². The summed E-state index contributed by atoms with van der Waals surface area (Å²) < 4.78 is 1.54. The average molecular weight is 203 g/mol. The van der Waals surface area contributed by atoms with Crippen molar-refractivity contribution in [3.05, 3.63) is 35.9 Å². The number of rotatable bonds is 3. The fraction of sp³-hybridized carbons (Fsp3) is 0.200. The van der Waals surface area contributed by atoms with Crippen molar-refractivity contribution in [2.75, 3.05) is 11.1 Å². The number of nitrogen functional groups attached to an aromatic ring is 1. The fourth-order valence-electron chi connectivity index (χ4n) is 1.25. The number of aromatic nitrogens is 3. The number of benzene rings is 1. The molecule has 15 heavy (non-hydrogen) atoms. The molecule has 0 saturated heterocycles. The third-order valence-corrected chi connectivity index (χ3v) is 2.09. The van der Waals surface area contributed by atoms with Crippen LogP contribution in [0, 0.1) is 0 Å². The summed E-state index contributed by atoms with van der Waals surface area (Å²) in [6.07, 6.45) is 0. The summed E-state index contributed by atoms with van der Waals surface area (Å²) in [5.74, 6) is 0.962. The maximum absolute atomic E-state index is 5.56. The highest BCUT2D eigenvalue weighted by molar-refractivity contribution is 5.32. The number of hydrogen-bond acceptors (Lipinski definition) is 4. The number of hydrogen-bond donors (Lipinski definition) is 2. The summed E-state index contributed by atoms with van der Waals surface area (Å²) in [6.45, 7) is 0.699. The van der Waals surface area contributed by atoms with E-state index in [9.17, 15) is 0 Å². The Morgan fingerprint density at radius 3 is 2.67 bits per heavy atom. The van der Waals surface area contributed by atoms with Gasteiger partial charge in [-0.25, -0.2) is 4.68 Å². The maximum Gasteiger partial charge on any atom is 0.244 e. The van der Waals surface area contributed by atoms with Crippen LogP contribution < -0.4 is 11.1 Å². The lowest BCUT2D eigenvalue weighted by molar-refractivity contribution is 0.778. The van der Waals surface area contributed by atoms with E-state index in [1.807, 2.05) is 30.3 Å². The summed E-state index contributed by atoms with van der Waals surface area (Å²) in [6, 6.07) is 10.1. The van der Waals surface area contributed by atoms with Crippen molar-refractivity contribution in [2.24, 2.45) is 7.05 Å². The summed E-state index contributed by atoms with van der Waals surface area (Å²) in [5, 5.41) is 7.19. The Hall–Kier alpha value is -2.04. The van der Waals surface area contributed by atoms with Crippen LogP contribution in [0.3, 0.4) is 0 Å². The van der Waals surface area contributed by atoms with Crippen molar-refractivity contribution in [3.8, 4) is 0 Å². The molecule has 1 aromatic heterocycles. The Kier molecular flexibility index (Phi) is 2.53. The molecule has 0 aliphatic rings. The van der Waals surface area contributed by atoms with Crippen LogP contribution in [0.15, 0.2) is 30.3 Å². The molecule has 0 atom stereocenters. The Labute approximate surface area is 87.9 Å². The molecule has 0 spiro atoms. The molecule has 0 aliphatic heterocycles. The van der Waals surface area contributed by atoms with Crippen LogP contribution in [0.5, 0.6) is 0 Å². The van der Waals surface area contributed by atoms with Crippen LogP contribution in [0.1, 0.15) is 5.56 Å². The first kappa shape index (κ1) is 9.51. The predicted octanol–water partition coefficient (Wildman–Crippen LogP) is 1.01. The molecular formula is C10H13N5. The molecule has 2 rings (SSSR count). The molecule has 0 radical (unpaired) electrons. The SMILES string of the molecule is Cn1nc(NCc2ccccc2)nc1N. The van der Waals surface area contributed by atoms with Gasteiger partial charge in [0.1, 0.15) is 0 Å². The second-order valence-corrected chi connectivity index (χ2v) is 3.26. The molecular weight excluding hydrogens is 190 g/mol. The van der Waals surface area contributed by atoms with E-state index < -0.39 is 0 Å². The number of nitrogens with one attached hydrogen (secondary N) is 1. The summed E-state index contributed by atoms with van der Waals surface area (Å²) in [5.41, 5.74) is 6.74. The number of nitrogens with zero attached hydrogens (tertiary/aromatic N) is 3. The van der Waals surface area contributed by atoms with Gasteiger partial charge in [0.2, 0.25) is 11.9 Å². The highest BCUT2D eigenvalue weighted by Gasteiger charge is 2.01. The van der Waals surface area contributed by atoms with Gasteiger partial charge < -0.3 is 11.1 Å². The molecule has 3 N–H and O–H groups in total. The molecule has 78 valence electrons. The Morgan fingerprint density at radius 1 is 1.33 bits per heavy atom. The van der Waals surface area contributed by atoms with E-state index in [1.165, 1.54) is 10.2 Å². The average Bonchev–Trinajstić information content (AvgIpc) is 2.57. The molecule has 5 nitrogen and oxygen atoms in total. The normalized spacial score (nSPS) is 10.2. The Bertz CT molecular complexity index is 415. The molecule has 0 bridgehead atoms. The summed E-state index contributed by atoms with van der Waals surface area (Å²) in [4.78, 5) is 4.04. The lowest BCUT2D eigenvalue weighted by atomic mass is 10.2. The quantitative estimate of drug-likeness (QED) is 0.781. The van der Waals surface area contributed by atoms with Gasteiger partial charge in [0.15, 0.2) is 0 Å². The van der Waals surface area contributed by atoms with Crippen LogP contribution in [0.25, 0.3) is 0 Å². The second-order valence-electron chi connectivity index (χ2n) is 3.26. The van der Waals surface area contributed by atoms with Gasteiger partial charge in [0.25, 0.3) is 0 Å². The minimum absolute atomic E-state index is 0.408. The fourth-order valence-corrected chi connectivity index (χ4v) is 1.25. The van der Waals surface area contributed by atoms with Crippen LogP contribution in [-0.2, 0) is 13.6 Å². The Morgan fingerprint density at radius 2 is 2.07 bits per heavy atom. The highest BCUT2D eigenvalue weighted by Crippen LogP contribution is 2.05. The van der Waals surface area contributed by atoms with Gasteiger partial charge in [0, 0.05) is 13.6 Å². The lowest BCUT2D eigenvalue weighted by Gasteiger charge is -2.00. The monoisotopic (exact) mass is 203 g/mol. The second kappa shape index (κ2) is 4.00. The highest BCUT2D eigenvalue weighted by atomic mass is 15.4. The van der Waals surface area contributed by atoms with E-state index in [0.717, 1.165) is 0 Å². The molecule has 1 aromatic carbocycles. The third kappa shape index (κ3) is 2.25. The molecule has 0 amide bonds. The number of aryl methyl sites for hydroxylation is 1. The summed E-state index contributed by atoms with van der Waals surface area (Å²) >= 11 is 0. The van der Waals surface area contributed by atoms with Crippen LogP contribution in [0.4, 0.5) is 11.9 Å². The zero-order chi connectivity index (χ0) is 10.7. The minimum atomic E-state index is 0.408. The topological polar surface area (TPSA) is 68.8 Å².